The van der Waals surface area contributed by atoms with Gasteiger partial charge in [-0.05, 0) is 56.6 Å². The molecule has 8 nitrogen and oxygen atoms in total. The predicted molar refractivity (Wildman–Crippen MR) is 122 cm³/mol. The number of methoxy groups -OCH3 is 1. The normalized spacial score (nSPS) is 14.6. The number of nitrogens with one attached hydrogen (secondary N) is 2. The molecule has 0 atom stereocenters. The molecule has 0 spiro atoms. The SMILES string of the molecule is COc1ccc(NC(=O)c2nnc(CCCC(=O)NCCN3CCCCCC3)s2)cc1. The Kier molecular flexibility index (Phi) is 9.23. The van der Waals surface area contributed by atoms with Crippen LogP contribution in [0, 0.1) is 0 Å². The zero-order chi connectivity index (χ0) is 21.9. The van der Waals surface area contributed by atoms with Crippen LogP contribution >= 0.6 is 11.3 Å². The number of amides is 2. The molecule has 1 aromatic carbocycles. The molecule has 0 aliphatic carbocycles. The average molecular weight is 446 g/mol. The van der Waals surface area contributed by atoms with Crippen LogP contribution in [-0.4, -0.2) is 60.2 Å². The van der Waals surface area contributed by atoms with E-state index in [1.807, 2.05) is 0 Å². The lowest BCUT2D eigenvalue weighted by Gasteiger charge is -2.19. The highest BCUT2D eigenvalue weighted by atomic mass is 32.1. The first-order valence-corrected chi connectivity index (χ1v) is 11.7. The number of anilines is 1. The van der Waals surface area contributed by atoms with Crippen LogP contribution in [-0.2, 0) is 11.2 Å². The maximum absolute atomic E-state index is 12.3. The van der Waals surface area contributed by atoms with Gasteiger partial charge >= 0.3 is 0 Å². The van der Waals surface area contributed by atoms with Crippen molar-refractivity contribution in [1.29, 1.82) is 0 Å². The molecule has 2 aromatic rings. The standard InChI is InChI=1S/C22H31N5O3S/c1-30-18-11-9-17(10-12-18)24-21(29)22-26-25-20(31-22)8-6-7-19(28)23-13-16-27-14-4-2-3-5-15-27/h9-12H,2-8,13-16H2,1H3,(H,23,28)(H,24,29). The van der Waals surface area contributed by atoms with Gasteiger partial charge < -0.3 is 20.3 Å². The summed E-state index contributed by atoms with van der Waals surface area (Å²) in [6.07, 6.45) is 6.93. The molecule has 1 aliphatic rings. The molecule has 2 heterocycles. The second-order valence-corrected chi connectivity index (χ2v) is 8.71. The Hall–Kier alpha value is -2.52. The number of ether oxygens (including phenoxy) is 1. The Labute approximate surface area is 187 Å². The summed E-state index contributed by atoms with van der Waals surface area (Å²) >= 11 is 1.26. The van der Waals surface area contributed by atoms with Gasteiger partial charge in [0, 0.05) is 31.6 Å². The molecule has 0 radical (unpaired) electrons. The van der Waals surface area contributed by atoms with Gasteiger partial charge in [-0.15, -0.1) is 10.2 Å². The predicted octanol–water partition coefficient (Wildman–Crippen LogP) is 3.11. The molecule has 168 valence electrons. The number of nitrogens with zero attached hydrogens (tertiary/aromatic N) is 3. The van der Waals surface area contributed by atoms with Crippen molar-refractivity contribution in [2.45, 2.75) is 44.9 Å². The molecule has 9 heteroatoms. The topological polar surface area (TPSA) is 96.5 Å². The molecular weight excluding hydrogens is 414 g/mol. The third kappa shape index (κ3) is 7.91. The number of rotatable bonds is 10. The van der Waals surface area contributed by atoms with E-state index in [4.69, 9.17) is 4.74 Å². The lowest BCUT2D eigenvalue weighted by molar-refractivity contribution is -0.121. The van der Waals surface area contributed by atoms with E-state index in [9.17, 15) is 9.59 Å². The molecule has 3 rings (SSSR count). The largest absolute Gasteiger partial charge is 0.497 e. The van der Waals surface area contributed by atoms with E-state index in [0.29, 0.717) is 36.5 Å². The van der Waals surface area contributed by atoms with Crippen molar-refractivity contribution in [3.63, 3.8) is 0 Å². The second-order valence-electron chi connectivity index (χ2n) is 7.64. The van der Waals surface area contributed by atoms with E-state index in [0.717, 1.165) is 30.4 Å². The van der Waals surface area contributed by atoms with Gasteiger partial charge in [-0.2, -0.15) is 0 Å². The van der Waals surface area contributed by atoms with E-state index < -0.39 is 0 Å². The molecule has 31 heavy (non-hydrogen) atoms. The molecule has 1 aliphatic heterocycles. The van der Waals surface area contributed by atoms with Gasteiger partial charge in [0.05, 0.1) is 7.11 Å². The maximum atomic E-state index is 12.3. The fourth-order valence-corrected chi connectivity index (χ4v) is 4.28. The number of benzene rings is 1. The number of aryl methyl sites for hydroxylation is 1. The lowest BCUT2D eigenvalue weighted by Crippen LogP contribution is -2.35. The number of carbonyl (C=O) groups excluding carboxylic acids is 2. The van der Waals surface area contributed by atoms with Crippen LogP contribution in [0.3, 0.4) is 0 Å². The minimum atomic E-state index is -0.292. The molecule has 0 saturated carbocycles. The fourth-order valence-electron chi connectivity index (χ4n) is 3.51. The van der Waals surface area contributed by atoms with Gasteiger partial charge in [0.1, 0.15) is 10.8 Å². The van der Waals surface area contributed by atoms with Crippen molar-refractivity contribution in [3.05, 3.63) is 34.3 Å². The minimum Gasteiger partial charge on any atom is -0.497 e. The Balaban J connectivity index is 1.33. The first kappa shape index (κ1) is 23.1. The summed E-state index contributed by atoms with van der Waals surface area (Å²) in [5, 5.41) is 14.9. The van der Waals surface area contributed by atoms with Crippen LogP contribution in [0.25, 0.3) is 0 Å². The number of hydrogen-bond donors (Lipinski definition) is 2. The molecule has 1 aromatic heterocycles. The molecule has 0 bridgehead atoms. The van der Waals surface area contributed by atoms with Crippen LogP contribution in [0.5, 0.6) is 5.75 Å². The van der Waals surface area contributed by atoms with Gasteiger partial charge in [-0.3, -0.25) is 9.59 Å². The summed E-state index contributed by atoms with van der Waals surface area (Å²) < 4.78 is 5.11. The molecule has 2 amide bonds. The third-order valence-electron chi connectivity index (χ3n) is 5.25. The summed E-state index contributed by atoms with van der Waals surface area (Å²) in [4.78, 5) is 26.8. The van der Waals surface area contributed by atoms with Crippen LogP contribution in [0.15, 0.2) is 24.3 Å². The average Bonchev–Trinajstić information content (AvgIpc) is 3.10. The Morgan fingerprint density at radius 2 is 1.84 bits per heavy atom. The molecular formula is C22H31N5O3S. The Morgan fingerprint density at radius 1 is 1.10 bits per heavy atom. The zero-order valence-corrected chi connectivity index (χ0v) is 18.9. The minimum absolute atomic E-state index is 0.0665. The van der Waals surface area contributed by atoms with E-state index >= 15 is 0 Å². The van der Waals surface area contributed by atoms with Gasteiger partial charge in [-0.1, -0.05) is 24.2 Å². The van der Waals surface area contributed by atoms with Crippen LogP contribution in [0.4, 0.5) is 5.69 Å². The highest BCUT2D eigenvalue weighted by molar-refractivity contribution is 7.13. The van der Waals surface area contributed by atoms with Crippen LogP contribution in [0.1, 0.15) is 53.3 Å². The first-order chi connectivity index (χ1) is 15.1. The van der Waals surface area contributed by atoms with E-state index in [-0.39, 0.29) is 11.8 Å². The number of carbonyl (C=O) groups is 2. The van der Waals surface area contributed by atoms with Gasteiger partial charge in [0.15, 0.2) is 0 Å². The van der Waals surface area contributed by atoms with Crippen molar-refractivity contribution < 1.29 is 14.3 Å². The summed E-state index contributed by atoms with van der Waals surface area (Å²) in [5.41, 5.74) is 0.666. The monoisotopic (exact) mass is 445 g/mol. The lowest BCUT2D eigenvalue weighted by atomic mass is 10.2. The highest BCUT2D eigenvalue weighted by Gasteiger charge is 2.14. The Morgan fingerprint density at radius 3 is 2.55 bits per heavy atom. The fraction of sp³-hybridized carbons (Fsp3) is 0.545. The smallest absolute Gasteiger partial charge is 0.286 e. The summed E-state index contributed by atoms with van der Waals surface area (Å²) in [7, 11) is 1.59. The third-order valence-corrected chi connectivity index (χ3v) is 6.23. The van der Waals surface area contributed by atoms with Gasteiger partial charge in [0.25, 0.3) is 5.91 Å². The quantitative estimate of drug-likeness (QED) is 0.583. The molecule has 0 unspecified atom stereocenters. The van der Waals surface area contributed by atoms with Crippen molar-refractivity contribution in [1.82, 2.24) is 20.4 Å². The summed E-state index contributed by atoms with van der Waals surface area (Å²) in [6, 6.07) is 7.09. The molecule has 1 fully saturated rings. The van der Waals surface area contributed by atoms with Crippen LogP contribution < -0.4 is 15.4 Å². The number of aromatic nitrogens is 2. The molecule has 1 saturated heterocycles. The van der Waals surface area contributed by atoms with Gasteiger partial charge in [0.2, 0.25) is 10.9 Å². The highest BCUT2D eigenvalue weighted by Crippen LogP contribution is 2.18. The number of hydrogen-bond acceptors (Lipinski definition) is 7. The van der Waals surface area contributed by atoms with E-state index in [2.05, 4.69) is 25.7 Å². The summed E-state index contributed by atoms with van der Waals surface area (Å²) in [5.74, 6) is 0.499. The summed E-state index contributed by atoms with van der Waals surface area (Å²) in [6.45, 7) is 3.91. The van der Waals surface area contributed by atoms with Crippen molar-refractivity contribution in [2.75, 3.05) is 38.6 Å². The van der Waals surface area contributed by atoms with Crippen molar-refractivity contribution in [2.24, 2.45) is 0 Å². The zero-order valence-electron chi connectivity index (χ0n) is 18.1. The van der Waals surface area contributed by atoms with Crippen molar-refractivity contribution in [3.8, 4) is 5.75 Å². The molecule has 2 N–H and O–H groups in total. The second kappa shape index (κ2) is 12.4. The van der Waals surface area contributed by atoms with E-state index in [1.54, 1.807) is 31.4 Å². The Bertz CT molecular complexity index is 832. The van der Waals surface area contributed by atoms with Crippen LogP contribution in [0.2, 0.25) is 0 Å². The van der Waals surface area contributed by atoms with Crippen molar-refractivity contribution >= 4 is 28.8 Å². The van der Waals surface area contributed by atoms with Gasteiger partial charge in [-0.25, -0.2) is 0 Å². The van der Waals surface area contributed by atoms with E-state index in [1.165, 1.54) is 37.0 Å². The maximum Gasteiger partial charge on any atom is 0.286 e. The first-order valence-electron chi connectivity index (χ1n) is 10.9. The number of likely N-dealkylation sites (tertiary alicyclic amines) is 1.